The van der Waals surface area contributed by atoms with Crippen LogP contribution in [0.15, 0.2) is 36.5 Å². The predicted octanol–water partition coefficient (Wildman–Crippen LogP) is 3.30. The molecule has 0 bridgehead atoms. The van der Waals surface area contributed by atoms with Gasteiger partial charge >= 0.3 is 0 Å². The molecule has 0 aliphatic heterocycles. The van der Waals surface area contributed by atoms with E-state index in [1.807, 2.05) is 13.1 Å². The van der Waals surface area contributed by atoms with Gasteiger partial charge in [-0.2, -0.15) is 5.10 Å². The van der Waals surface area contributed by atoms with Crippen LogP contribution in [0.5, 0.6) is 0 Å². The van der Waals surface area contributed by atoms with Crippen LogP contribution in [0.1, 0.15) is 35.6 Å². The Morgan fingerprint density at radius 1 is 1.29 bits per heavy atom. The lowest BCUT2D eigenvalue weighted by atomic mass is 10.1. The van der Waals surface area contributed by atoms with Crippen LogP contribution in [0.4, 0.5) is 10.2 Å². The number of anilines is 1. The third-order valence-corrected chi connectivity index (χ3v) is 4.35. The molecule has 1 aromatic carbocycles. The second-order valence-electron chi connectivity index (χ2n) is 6.21. The van der Waals surface area contributed by atoms with Gasteiger partial charge in [-0.15, -0.1) is 0 Å². The zero-order chi connectivity index (χ0) is 16.7. The summed E-state index contributed by atoms with van der Waals surface area (Å²) in [5.41, 5.74) is 9.38. The molecule has 5 nitrogen and oxygen atoms in total. The monoisotopic (exact) mass is 323 g/mol. The fourth-order valence-electron chi connectivity index (χ4n) is 2.85. The molecule has 3 aromatic rings. The van der Waals surface area contributed by atoms with E-state index in [9.17, 15) is 4.39 Å². The molecule has 2 heterocycles. The van der Waals surface area contributed by atoms with E-state index in [1.165, 1.54) is 24.5 Å². The van der Waals surface area contributed by atoms with Gasteiger partial charge in [-0.1, -0.05) is 18.2 Å². The predicted molar refractivity (Wildman–Crippen MR) is 89.9 cm³/mol. The lowest BCUT2D eigenvalue weighted by Gasteiger charge is -2.05. The third kappa shape index (κ3) is 2.75. The summed E-state index contributed by atoms with van der Waals surface area (Å²) >= 11 is 0. The molecule has 2 N–H and O–H groups in total. The van der Waals surface area contributed by atoms with Gasteiger partial charge in [0.05, 0.1) is 6.54 Å². The highest BCUT2D eigenvalue weighted by molar-refractivity contribution is 5.55. The fourth-order valence-corrected chi connectivity index (χ4v) is 2.85. The van der Waals surface area contributed by atoms with Crippen LogP contribution in [-0.2, 0) is 6.54 Å². The van der Waals surface area contributed by atoms with Crippen molar-refractivity contribution in [2.45, 2.75) is 32.2 Å². The molecule has 0 spiro atoms. The lowest BCUT2D eigenvalue weighted by Crippen LogP contribution is -2.07. The standard InChI is InChI=1S/C18H18FN5/c1-11-14(12-6-7-12)9-21-18(22-11)16-8-17(20)24(23-16)10-13-4-2-3-5-15(13)19/h2-5,8-9,12H,6-7,10,20H2,1H3. The summed E-state index contributed by atoms with van der Waals surface area (Å²) in [4.78, 5) is 9.00. The van der Waals surface area contributed by atoms with Gasteiger partial charge in [-0.25, -0.2) is 19.0 Å². The van der Waals surface area contributed by atoms with E-state index < -0.39 is 0 Å². The fraction of sp³-hybridized carbons (Fsp3) is 0.278. The first-order valence-corrected chi connectivity index (χ1v) is 8.02. The second-order valence-corrected chi connectivity index (χ2v) is 6.21. The van der Waals surface area contributed by atoms with E-state index in [0.29, 0.717) is 28.8 Å². The van der Waals surface area contributed by atoms with E-state index in [1.54, 1.807) is 28.9 Å². The van der Waals surface area contributed by atoms with Crippen molar-refractivity contribution >= 4 is 5.82 Å². The van der Waals surface area contributed by atoms with Crippen molar-refractivity contribution in [3.63, 3.8) is 0 Å². The number of hydrogen-bond donors (Lipinski definition) is 1. The van der Waals surface area contributed by atoms with Gasteiger partial charge in [0, 0.05) is 23.5 Å². The average Bonchev–Trinajstić information content (AvgIpc) is 3.34. The quantitative estimate of drug-likeness (QED) is 0.800. The van der Waals surface area contributed by atoms with E-state index in [2.05, 4.69) is 15.1 Å². The zero-order valence-corrected chi connectivity index (χ0v) is 13.4. The number of aryl methyl sites for hydroxylation is 1. The van der Waals surface area contributed by atoms with Crippen molar-refractivity contribution in [1.82, 2.24) is 19.7 Å². The molecular weight excluding hydrogens is 305 g/mol. The van der Waals surface area contributed by atoms with Gasteiger partial charge in [-0.05, 0) is 37.3 Å². The molecule has 0 unspecified atom stereocenters. The number of hydrogen-bond acceptors (Lipinski definition) is 4. The number of aromatic nitrogens is 4. The first kappa shape index (κ1) is 14.8. The maximum Gasteiger partial charge on any atom is 0.180 e. The molecule has 2 aromatic heterocycles. The number of nitrogens with two attached hydrogens (primary N) is 1. The topological polar surface area (TPSA) is 69.6 Å². The highest BCUT2D eigenvalue weighted by atomic mass is 19.1. The van der Waals surface area contributed by atoms with Crippen molar-refractivity contribution in [2.24, 2.45) is 0 Å². The van der Waals surface area contributed by atoms with Gasteiger partial charge in [-0.3, -0.25) is 0 Å². The molecule has 4 rings (SSSR count). The van der Waals surface area contributed by atoms with Crippen LogP contribution in [0.25, 0.3) is 11.5 Å². The van der Waals surface area contributed by atoms with Crippen LogP contribution in [0.2, 0.25) is 0 Å². The summed E-state index contributed by atoms with van der Waals surface area (Å²) in [5, 5.41) is 4.45. The molecule has 1 saturated carbocycles. The van der Waals surface area contributed by atoms with Crippen LogP contribution >= 0.6 is 0 Å². The molecule has 0 saturated heterocycles. The average molecular weight is 323 g/mol. The second kappa shape index (κ2) is 5.70. The van der Waals surface area contributed by atoms with Gasteiger partial charge < -0.3 is 5.73 Å². The number of rotatable bonds is 4. The van der Waals surface area contributed by atoms with Crippen molar-refractivity contribution < 1.29 is 4.39 Å². The number of nitrogen functional groups attached to an aromatic ring is 1. The normalized spacial score (nSPS) is 14.1. The molecule has 0 amide bonds. The summed E-state index contributed by atoms with van der Waals surface area (Å²) in [7, 11) is 0. The largest absolute Gasteiger partial charge is 0.384 e. The van der Waals surface area contributed by atoms with Crippen LogP contribution in [-0.4, -0.2) is 19.7 Å². The summed E-state index contributed by atoms with van der Waals surface area (Å²) < 4.78 is 15.4. The van der Waals surface area contributed by atoms with Crippen LogP contribution in [0.3, 0.4) is 0 Å². The zero-order valence-electron chi connectivity index (χ0n) is 13.4. The summed E-state index contributed by atoms with van der Waals surface area (Å²) in [6.45, 7) is 2.27. The maximum atomic E-state index is 13.8. The molecule has 0 atom stereocenters. The minimum atomic E-state index is -0.269. The lowest BCUT2D eigenvalue weighted by molar-refractivity contribution is 0.588. The Bertz CT molecular complexity index is 898. The summed E-state index contributed by atoms with van der Waals surface area (Å²) in [5.74, 6) is 1.36. The molecular formula is C18H18FN5. The molecule has 1 aliphatic rings. The van der Waals surface area contributed by atoms with E-state index in [4.69, 9.17) is 5.73 Å². The highest BCUT2D eigenvalue weighted by Crippen LogP contribution is 2.41. The van der Waals surface area contributed by atoms with Crippen molar-refractivity contribution in [3.05, 3.63) is 59.2 Å². The van der Waals surface area contributed by atoms with E-state index in [-0.39, 0.29) is 12.4 Å². The smallest absolute Gasteiger partial charge is 0.180 e. The maximum absolute atomic E-state index is 13.8. The summed E-state index contributed by atoms with van der Waals surface area (Å²) in [6.07, 6.45) is 4.32. The Balaban J connectivity index is 1.63. The van der Waals surface area contributed by atoms with Crippen LogP contribution < -0.4 is 5.73 Å². The number of halogens is 1. The SMILES string of the molecule is Cc1nc(-c2cc(N)n(Cc3ccccc3F)n2)ncc1C1CC1. The number of nitrogens with zero attached hydrogens (tertiary/aromatic N) is 4. The first-order chi connectivity index (χ1) is 11.6. The molecule has 6 heteroatoms. The third-order valence-electron chi connectivity index (χ3n) is 4.35. The highest BCUT2D eigenvalue weighted by Gasteiger charge is 2.26. The van der Waals surface area contributed by atoms with E-state index >= 15 is 0 Å². The molecule has 1 fully saturated rings. The van der Waals surface area contributed by atoms with Gasteiger partial charge in [0.15, 0.2) is 5.82 Å². The Kier molecular flexibility index (Phi) is 3.52. The Morgan fingerprint density at radius 2 is 2.08 bits per heavy atom. The minimum absolute atomic E-state index is 0.269. The van der Waals surface area contributed by atoms with Gasteiger partial charge in [0.25, 0.3) is 0 Å². The van der Waals surface area contributed by atoms with Crippen molar-refractivity contribution in [3.8, 4) is 11.5 Å². The van der Waals surface area contributed by atoms with Gasteiger partial charge in [0.2, 0.25) is 0 Å². The molecule has 1 aliphatic carbocycles. The van der Waals surface area contributed by atoms with Gasteiger partial charge in [0.1, 0.15) is 17.3 Å². The Hall–Kier alpha value is -2.76. The minimum Gasteiger partial charge on any atom is -0.384 e. The number of benzene rings is 1. The first-order valence-electron chi connectivity index (χ1n) is 8.02. The Morgan fingerprint density at radius 3 is 2.79 bits per heavy atom. The van der Waals surface area contributed by atoms with Crippen LogP contribution in [0, 0.1) is 12.7 Å². The summed E-state index contributed by atoms with van der Waals surface area (Å²) in [6, 6.07) is 8.34. The van der Waals surface area contributed by atoms with Crippen molar-refractivity contribution in [1.29, 1.82) is 0 Å². The molecule has 0 radical (unpaired) electrons. The Labute approximate surface area is 139 Å². The molecule has 24 heavy (non-hydrogen) atoms. The van der Waals surface area contributed by atoms with Crippen molar-refractivity contribution in [2.75, 3.05) is 5.73 Å². The van der Waals surface area contributed by atoms with E-state index in [0.717, 1.165) is 5.69 Å². The molecule has 122 valence electrons.